The second kappa shape index (κ2) is 46.3. The van der Waals surface area contributed by atoms with Crippen LogP contribution in [0.3, 0.4) is 0 Å². The number of likely N-dealkylation sites (N-methyl/N-ethyl adjacent to an activating group) is 1. The summed E-state index contributed by atoms with van der Waals surface area (Å²) < 4.78 is 17.3. The van der Waals surface area contributed by atoms with Crippen LogP contribution in [0.4, 0.5) is 0 Å². The van der Waals surface area contributed by atoms with Crippen molar-refractivity contribution in [2.45, 2.75) is 270 Å². The Bertz CT molecular complexity index is 1080. The van der Waals surface area contributed by atoms with Gasteiger partial charge in [0, 0.05) is 19.3 Å². The summed E-state index contributed by atoms with van der Waals surface area (Å²) in [6.45, 7) is 4.70. The molecule has 0 N–H and O–H groups in total. The molecule has 0 aromatic rings. The van der Waals surface area contributed by atoms with Crippen molar-refractivity contribution in [3.8, 4) is 0 Å². The lowest BCUT2D eigenvalue weighted by atomic mass is 10.0. The number of quaternary nitrogens is 1. The van der Waals surface area contributed by atoms with Crippen LogP contribution >= 0.6 is 0 Å². The van der Waals surface area contributed by atoms with Gasteiger partial charge in [0.15, 0.2) is 6.10 Å². The van der Waals surface area contributed by atoms with Gasteiger partial charge < -0.3 is 28.6 Å². The molecule has 63 heavy (non-hydrogen) atoms. The Morgan fingerprint density at radius 1 is 0.476 bits per heavy atom. The fourth-order valence-electron chi connectivity index (χ4n) is 8.16. The molecule has 0 saturated heterocycles. The molecule has 0 aromatic carbocycles. The van der Waals surface area contributed by atoms with Crippen molar-refractivity contribution in [2.24, 2.45) is 0 Å². The van der Waals surface area contributed by atoms with Gasteiger partial charge in [-0.3, -0.25) is 9.59 Å². The maximum Gasteiger partial charge on any atom is 0.306 e. The number of nitrogens with zero attached hydrogens (tertiary/aromatic N) is 1. The highest BCUT2D eigenvalue weighted by Gasteiger charge is 2.25. The lowest BCUT2D eigenvalue weighted by Gasteiger charge is -2.34. The minimum absolute atomic E-state index is 0.0420. The van der Waals surface area contributed by atoms with E-state index in [2.05, 4.69) is 38.2 Å². The minimum Gasteiger partial charge on any atom is -0.544 e. The van der Waals surface area contributed by atoms with Crippen LogP contribution in [0.5, 0.6) is 0 Å². The minimum atomic E-state index is -1.12. The lowest BCUT2D eigenvalue weighted by molar-refractivity contribution is -0.889. The Kier molecular flexibility index (Phi) is 44.7. The van der Waals surface area contributed by atoms with E-state index < -0.39 is 18.1 Å². The quantitative estimate of drug-likeness (QED) is 0.0259. The van der Waals surface area contributed by atoms with E-state index in [4.69, 9.17) is 14.2 Å². The first-order chi connectivity index (χ1) is 30.6. The Morgan fingerprint density at radius 2 is 0.841 bits per heavy atom. The predicted molar refractivity (Wildman–Crippen MR) is 264 cm³/mol. The van der Waals surface area contributed by atoms with Crippen LogP contribution in [0.25, 0.3) is 0 Å². The Balaban J connectivity index is 4.21. The summed E-state index contributed by atoms with van der Waals surface area (Å²) in [6.07, 6.45) is 53.5. The average Bonchev–Trinajstić information content (AvgIpc) is 3.24. The molecule has 2 atom stereocenters. The van der Waals surface area contributed by atoms with Gasteiger partial charge in [-0.2, -0.15) is 0 Å². The first-order valence-electron chi connectivity index (χ1n) is 26.9. The number of carboxylic acid groups (broad SMARTS) is 1. The molecule has 0 fully saturated rings. The van der Waals surface area contributed by atoms with E-state index in [9.17, 15) is 19.5 Å². The van der Waals surface area contributed by atoms with Crippen LogP contribution in [0.1, 0.15) is 258 Å². The molecule has 8 nitrogen and oxygen atoms in total. The van der Waals surface area contributed by atoms with E-state index in [0.29, 0.717) is 12.8 Å². The SMILES string of the molecule is CCCCCCCCCC/C=C/C/C=C/CCCCCCCCCC(=O)OC(COCCC(C(=O)[O-])[N+](C)(C)C)COC(=O)CCCCCCCCCCCCCCCCCCC. The zero-order valence-electron chi connectivity index (χ0n) is 42.3. The zero-order valence-corrected chi connectivity index (χ0v) is 42.3. The number of carbonyl (C=O) groups excluding carboxylic acids is 3. The highest BCUT2D eigenvalue weighted by molar-refractivity contribution is 5.70. The molecule has 8 heteroatoms. The maximum absolute atomic E-state index is 12.8. The number of allylic oxidation sites excluding steroid dienone is 4. The van der Waals surface area contributed by atoms with Crippen LogP contribution in [-0.4, -0.2) is 75.5 Å². The smallest absolute Gasteiger partial charge is 0.306 e. The van der Waals surface area contributed by atoms with Crippen LogP contribution in [0.2, 0.25) is 0 Å². The third kappa shape index (κ3) is 44.8. The van der Waals surface area contributed by atoms with Gasteiger partial charge in [0.05, 0.1) is 40.3 Å². The molecule has 0 aromatic heterocycles. The van der Waals surface area contributed by atoms with Crippen molar-refractivity contribution in [3.05, 3.63) is 24.3 Å². The van der Waals surface area contributed by atoms with Gasteiger partial charge in [-0.25, -0.2) is 0 Å². The molecule has 0 amide bonds. The number of rotatable bonds is 49. The standard InChI is InChI=1S/C55H103NO7/c1-6-8-10-12-14-16-18-20-22-24-25-26-27-28-30-32-34-36-38-40-42-44-46-54(58)63-51(49-61-48-47-52(55(59)60)56(3,4)5)50-62-53(57)45-43-41-39-37-35-33-31-29-23-21-19-17-15-13-11-9-7-2/h24-25,27-28,51-52H,6-23,26,29-50H2,1-5H3/b25-24+,28-27+. The Labute approximate surface area is 390 Å². The van der Waals surface area contributed by atoms with Crippen molar-refractivity contribution in [1.29, 1.82) is 0 Å². The summed E-state index contributed by atoms with van der Waals surface area (Å²) in [5.41, 5.74) is 0. The van der Waals surface area contributed by atoms with E-state index in [1.807, 2.05) is 21.1 Å². The predicted octanol–water partition coefficient (Wildman–Crippen LogP) is 14.3. The number of aliphatic carboxylic acids is 1. The average molecular weight is 890 g/mol. The number of hydrogen-bond donors (Lipinski definition) is 0. The summed E-state index contributed by atoms with van der Waals surface area (Å²) in [4.78, 5) is 37.1. The van der Waals surface area contributed by atoms with Crippen molar-refractivity contribution in [3.63, 3.8) is 0 Å². The van der Waals surface area contributed by atoms with E-state index in [-0.39, 0.29) is 42.7 Å². The van der Waals surface area contributed by atoms with Gasteiger partial charge in [-0.05, 0) is 44.9 Å². The van der Waals surface area contributed by atoms with Crippen LogP contribution in [0, 0.1) is 0 Å². The number of carbonyl (C=O) groups is 3. The second-order valence-corrected chi connectivity index (χ2v) is 19.5. The van der Waals surface area contributed by atoms with Crippen molar-refractivity contribution < 1.29 is 38.2 Å². The normalized spacial score (nSPS) is 13.0. The van der Waals surface area contributed by atoms with Gasteiger partial charge >= 0.3 is 11.9 Å². The number of esters is 2. The number of ether oxygens (including phenoxy) is 3. The third-order valence-corrected chi connectivity index (χ3v) is 12.3. The van der Waals surface area contributed by atoms with Crippen molar-refractivity contribution >= 4 is 17.9 Å². The highest BCUT2D eigenvalue weighted by Crippen LogP contribution is 2.16. The Hall–Kier alpha value is -2.19. The molecule has 0 spiro atoms. The topological polar surface area (TPSA) is 102 Å². The van der Waals surface area contributed by atoms with Gasteiger partial charge in [-0.1, -0.05) is 218 Å². The van der Waals surface area contributed by atoms with Gasteiger partial charge in [0.25, 0.3) is 0 Å². The van der Waals surface area contributed by atoms with E-state index >= 15 is 0 Å². The van der Waals surface area contributed by atoms with Gasteiger partial charge in [-0.15, -0.1) is 0 Å². The first kappa shape index (κ1) is 60.8. The molecule has 0 saturated carbocycles. The monoisotopic (exact) mass is 890 g/mol. The van der Waals surface area contributed by atoms with E-state index in [0.717, 1.165) is 51.4 Å². The second-order valence-electron chi connectivity index (χ2n) is 19.5. The largest absolute Gasteiger partial charge is 0.544 e. The van der Waals surface area contributed by atoms with Crippen molar-refractivity contribution in [1.82, 2.24) is 0 Å². The molecule has 0 radical (unpaired) electrons. The van der Waals surface area contributed by atoms with Crippen LogP contribution in [0.15, 0.2) is 24.3 Å². The highest BCUT2D eigenvalue weighted by atomic mass is 16.6. The molecule has 0 heterocycles. The summed E-state index contributed by atoms with van der Waals surface area (Å²) in [5, 5.41) is 11.7. The molecular weight excluding hydrogens is 787 g/mol. The summed E-state index contributed by atoms with van der Waals surface area (Å²) >= 11 is 0. The molecule has 0 aliphatic heterocycles. The number of hydrogen-bond acceptors (Lipinski definition) is 7. The zero-order chi connectivity index (χ0) is 46.3. The van der Waals surface area contributed by atoms with Gasteiger partial charge in [0.1, 0.15) is 12.6 Å². The number of unbranched alkanes of at least 4 members (excludes halogenated alkanes) is 31. The third-order valence-electron chi connectivity index (χ3n) is 12.3. The van der Waals surface area contributed by atoms with E-state index in [1.165, 1.54) is 173 Å². The summed E-state index contributed by atoms with van der Waals surface area (Å²) in [7, 11) is 5.42. The fraction of sp³-hybridized carbons (Fsp3) is 0.873. The molecule has 0 bridgehead atoms. The lowest BCUT2D eigenvalue weighted by Crippen LogP contribution is -2.55. The summed E-state index contributed by atoms with van der Waals surface area (Å²) in [5.74, 6) is -1.73. The van der Waals surface area contributed by atoms with Gasteiger partial charge in [0.2, 0.25) is 0 Å². The fourth-order valence-corrected chi connectivity index (χ4v) is 8.16. The molecule has 0 aliphatic rings. The molecule has 0 rings (SSSR count). The van der Waals surface area contributed by atoms with E-state index in [1.54, 1.807) is 0 Å². The van der Waals surface area contributed by atoms with Crippen LogP contribution < -0.4 is 5.11 Å². The maximum atomic E-state index is 12.8. The molecule has 2 unspecified atom stereocenters. The first-order valence-corrected chi connectivity index (χ1v) is 26.9. The summed E-state index contributed by atoms with van der Waals surface area (Å²) in [6, 6.07) is -0.725. The molecule has 0 aliphatic carbocycles. The van der Waals surface area contributed by atoms with Crippen molar-refractivity contribution in [2.75, 3.05) is 41.0 Å². The Morgan fingerprint density at radius 3 is 1.22 bits per heavy atom. The van der Waals surface area contributed by atoms with Crippen LogP contribution in [-0.2, 0) is 28.6 Å². The molecule has 370 valence electrons. The molecular formula is C55H103NO7. The number of carboxylic acids is 1.